The Bertz CT molecular complexity index is 657. The van der Waals surface area contributed by atoms with Crippen molar-refractivity contribution < 1.29 is 0 Å². The average molecular weight is 273 g/mol. The standard InChI is InChI=1S/C14H13ClN4/c15-13-8-17-19(10-13)11-14-16-6-7-18(14)9-12-4-2-1-3-5-12/h1-8,10H,9,11H2. The van der Waals surface area contributed by atoms with E-state index < -0.39 is 0 Å². The van der Waals surface area contributed by atoms with Gasteiger partial charge >= 0.3 is 0 Å². The van der Waals surface area contributed by atoms with Crippen LogP contribution in [0.25, 0.3) is 0 Å². The molecule has 0 saturated heterocycles. The first kappa shape index (κ1) is 12.0. The molecule has 0 radical (unpaired) electrons. The zero-order valence-electron chi connectivity index (χ0n) is 10.3. The molecule has 0 atom stereocenters. The van der Waals surface area contributed by atoms with Crippen molar-refractivity contribution in [3.8, 4) is 0 Å². The van der Waals surface area contributed by atoms with E-state index in [1.54, 1.807) is 17.1 Å². The van der Waals surface area contributed by atoms with E-state index in [9.17, 15) is 0 Å². The summed E-state index contributed by atoms with van der Waals surface area (Å²) in [5.74, 6) is 0.962. The minimum Gasteiger partial charge on any atom is -0.329 e. The number of hydrogen-bond acceptors (Lipinski definition) is 2. The minimum atomic E-state index is 0.618. The van der Waals surface area contributed by atoms with Crippen LogP contribution in [0.2, 0.25) is 5.02 Å². The number of hydrogen-bond donors (Lipinski definition) is 0. The molecule has 0 spiro atoms. The van der Waals surface area contributed by atoms with Crippen molar-refractivity contribution in [2.75, 3.05) is 0 Å². The van der Waals surface area contributed by atoms with Crippen LogP contribution in [0.5, 0.6) is 0 Å². The van der Waals surface area contributed by atoms with Gasteiger partial charge in [-0.1, -0.05) is 41.9 Å². The zero-order chi connectivity index (χ0) is 13.1. The molecule has 0 aliphatic rings. The number of benzene rings is 1. The third-order valence-electron chi connectivity index (χ3n) is 2.90. The van der Waals surface area contributed by atoms with Crippen LogP contribution in [-0.2, 0) is 13.1 Å². The number of aromatic nitrogens is 4. The summed E-state index contributed by atoms with van der Waals surface area (Å²) < 4.78 is 3.90. The molecule has 0 saturated carbocycles. The number of imidazole rings is 1. The Morgan fingerprint density at radius 2 is 1.95 bits per heavy atom. The van der Waals surface area contributed by atoms with Crippen LogP contribution in [0.3, 0.4) is 0 Å². The molecular weight excluding hydrogens is 260 g/mol. The van der Waals surface area contributed by atoms with Gasteiger partial charge in [0.1, 0.15) is 5.82 Å². The second kappa shape index (κ2) is 5.28. The fourth-order valence-corrected chi connectivity index (χ4v) is 2.14. The highest BCUT2D eigenvalue weighted by Gasteiger charge is 2.05. The van der Waals surface area contributed by atoms with Crippen molar-refractivity contribution in [1.29, 1.82) is 0 Å². The van der Waals surface area contributed by atoms with Crippen molar-refractivity contribution in [2.24, 2.45) is 0 Å². The Morgan fingerprint density at radius 1 is 1.11 bits per heavy atom. The normalized spacial score (nSPS) is 10.8. The summed E-state index contributed by atoms with van der Waals surface area (Å²) in [4.78, 5) is 4.38. The topological polar surface area (TPSA) is 35.6 Å². The van der Waals surface area contributed by atoms with Crippen LogP contribution in [0, 0.1) is 0 Å². The number of nitrogens with zero attached hydrogens (tertiary/aromatic N) is 4. The van der Waals surface area contributed by atoms with Gasteiger partial charge in [0.15, 0.2) is 0 Å². The molecule has 0 aliphatic heterocycles. The fraction of sp³-hybridized carbons (Fsp3) is 0.143. The Labute approximate surface area is 116 Å². The van der Waals surface area contributed by atoms with Crippen molar-refractivity contribution in [1.82, 2.24) is 19.3 Å². The molecular formula is C14H13ClN4. The van der Waals surface area contributed by atoms with Crippen LogP contribution in [0.1, 0.15) is 11.4 Å². The van der Waals surface area contributed by atoms with Gasteiger partial charge in [-0.05, 0) is 5.56 Å². The fourth-order valence-electron chi connectivity index (χ4n) is 1.99. The van der Waals surface area contributed by atoms with Gasteiger partial charge in [-0.2, -0.15) is 5.10 Å². The first-order valence-electron chi connectivity index (χ1n) is 6.03. The smallest absolute Gasteiger partial charge is 0.130 e. The van der Waals surface area contributed by atoms with Crippen LogP contribution >= 0.6 is 11.6 Å². The lowest BCUT2D eigenvalue weighted by molar-refractivity contribution is 0.615. The second-order valence-electron chi connectivity index (χ2n) is 4.31. The molecule has 19 heavy (non-hydrogen) atoms. The molecule has 5 heteroatoms. The van der Waals surface area contributed by atoms with Crippen LogP contribution in [0.15, 0.2) is 55.1 Å². The van der Waals surface area contributed by atoms with Gasteiger partial charge < -0.3 is 4.57 Å². The van der Waals surface area contributed by atoms with E-state index in [1.165, 1.54) is 5.56 Å². The third kappa shape index (κ3) is 2.85. The van der Waals surface area contributed by atoms with Gasteiger partial charge in [0, 0.05) is 25.1 Å². The molecule has 0 unspecified atom stereocenters. The molecule has 0 N–H and O–H groups in total. The summed E-state index contributed by atoms with van der Waals surface area (Å²) in [6.45, 7) is 1.43. The number of halogens is 1. The highest BCUT2D eigenvalue weighted by molar-refractivity contribution is 6.30. The number of rotatable bonds is 4. The van der Waals surface area contributed by atoms with Crippen molar-refractivity contribution in [3.63, 3.8) is 0 Å². The molecule has 96 valence electrons. The summed E-state index contributed by atoms with van der Waals surface area (Å²) in [6.07, 6.45) is 7.21. The minimum absolute atomic E-state index is 0.618. The third-order valence-corrected chi connectivity index (χ3v) is 3.10. The van der Waals surface area contributed by atoms with Gasteiger partial charge in [0.2, 0.25) is 0 Å². The quantitative estimate of drug-likeness (QED) is 0.732. The molecule has 2 aromatic heterocycles. The van der Waals surface area contributed by atoms with Gasteiger partial charge in [0.25, 0.3) is 0 Å². The van der Waals surface area contributed by atoms with Gasteiger partial charge in [-0.25, -0.2) is 4.98 Å². The summed E-state index contributed by atoms with van der Waals surface area (Å²) in [5.41, 5.74) is 1.25. The molecule has 0 fully saturated rings. The van der Waals surface area contributed by atoms with Crippen LogP contribution < -0.4 is 0 Å². The van der Waals surface area contributed by atoms with E-state index in [-0.39, 0.29) is 0 Å². The lowest BCUT2D eigenvalue weighted by atomic mass is 10.2. The van der Waals surface area contributed by atoms with Gasteiger partial charge in [-0.3, -0.25) is 4.68 Å². The summed E-state index contributed by atoms with van der Waals surface area (Å²) in [5, 5.41) is 4.81. The Balaban J connectivity index is 1.79. The molecule has 2 heterocycles. The maximum atomic E-state index is 5.86. The van der Waals surface area contributed by atoms with E-state index in [1.807, 2.05) is 30.6 Å². The predicted octanol–water partition coefficient (Wildman–Crippen LogP) is 2.83. The molecule has 1 aromatic carbocycles. The van der Waals surface area contributed by atoms with E-state index in [2.05, 4.69) is 26.8 Å². The molecule has 0 aliphatic carbocycles. The first-order valence-corrected chi connectivity index (χ1v) is 6.41. The van der Waals surface area contributed by atoms with E-state index in [4.69, 9.17) is 11.6 Å². The van der Waals surface area contributed by atoms with Gasteiger partial charge in [-0.15, -0.1) is 0 Å². The lowest BCUT2D eigenvalue weighted by Gasteiger charge is -2.08. The summed E-state index contributed by atoms with van der Waals surface area (Å²) in [7, 11) is 0. The Kier molecular flexibility index (Phi) is 3.33. The SMILES string of the molecule is Clc1cnn(Cc2nccn2Cc2ccccc2)c1. The summed E-state index contributed by atoms with van der Waals surface area (Å²) in [6, 6.07) is 10.3. The van der Waals surface area contributed by atoms with Crippen molar-refractivity contribution >= 4 is 11.6 Å². The van der Waals surface area contributed by atoms with E-state index in [0.29, 0.717) is 11.6 Å². The monoisotopic (exact) mass is 272 g/mol. The summed E-state index contributed by atoms with van der Waals surface area (Å²) >= 11 is 5.86. The first-order chi connectivity index (χ1) is 9.31. The van der Waals surface area contributed by atoms with Crippen LogP contribution in [-0.4, -0.2) is 19.3 Å². The van der Waals surface area contributed by atoms with Gasteiger partial charge in [0.05, 0.1) is 17.8 Å². The molecule has 3 aromatic rings. The lowest BCUT2D eigenvalue weighted by Crippen LogP contribution is -2.09. The Morgan fingerprint density at radius 3 is 2.68 bits per heavy atom. The average Bonchev–Trinajstić information content (AvgIpc) is 3.01. The van der Waals surface area contributed by atoms with E-state index >= 15 is 0 Å². The Hall–Kier alpha value is -2.07. The maximum absolute atomic E-state index is 5.86. The molecule has 4 nitrogen and oxygen atoms in total. The van der Waals surface area contributed by atoms with Crippen molar-refractivity contribution in [3.05, 3.63) is 71.5 Å². The molecule has 3 rings (SSSR count). The predicted molar refractivity (Wildman–Crippen MR) is 74.1 cm³/mol. The van der Waals surface area contributed by atoms with E-state index in [0.717, 1.165) is 12.4 Å². The largest absolute Gasteiger partial charge is 0.329 e. The van der Waals surface area contributed by atoms with Crippen LogP contribution in [0.4, 0.5) is 0 Å². The molecule has 0 amide bonds. The highest BCUT2D eigenvalue weighted by atomic mass is 35.5. The highest BCUT2D eigenvalue weighted by Crippen LogP contribution is 2.09. The maximum Gasteiger partial charge on any atom is 0.130 e. The molecule has 0 bridgehead atoms. The van der Waals surface area contributed by atoms with Crippen molar-refractivity contribution in [2.45, 2.75) is 13.1 Å². The second-order valence-corrected chi connectivity index (χ2v) is 4.75. The zero-order valence-corrected chi connectivity index (χ0v) is 11.0.